The molecule has 0 aliphatic carbocycles. The van der Waals surface area contributed by atoms with Crippen molar-refractivity contribution in [2.45, 2.75) is 36.7 Å². The second-order valence-electron chi connectivity index (χ2n) is 4.45. The zero-order valence-electron chi connectivity index (χ0n) is 10.6. The van der Waals surface area contributed by atoms with Crippen LogP contribution in [0.25, 0.3) is 0 Å². The second-order valence-corrected chi connectivity index (χ2v) is 5.59. The first kappa shape index (κ1) is 12.9. The van der Waals surface area contributed by atoms with Crippen LogP contribution >= 0.6 is 11.8 Å². The maximum Gasteiger partial charge on any atom is 0.0615 e. The Hall–Kier alpha value is -0.510. The first-order valence-corrected chi connectivity index (χ1v) is 7.30. The van der Waals surface area contributed by atoms with Crippen LogP contribution in [0.1, 0.15) is 31.4 Å². The van der Waals surface area contributed by atoms with Crippen molar-refractivity contribution in [2.24, 2.45) is 0 Å². The molecule has 0 saturated carbocycles. The van der Waals surface area contributed by atoms with Crippen molar-refractivity contribution in [3.8, 4) is 0 Å². The van der Waals surface area contributed by atoms with E-state index >= 15 is 0 Å². The molecule has 1 N–H and O–H groups in total. The SMILES string of the molecule is CCC(COC)NC1CCSc2ccccc21. The maximum atomic E-state index is 5.26. The van der Waals surface area contributed by atoms with Gasteiger partial charge in [-0.25, -0.2) is 0 Å². The van der Waals surface area contributed by atoms with Gasteiger partial charge >= 0.3 is 0 Å². The lowest BCUT2D eigenvalue weighted by atomic mass is 10.0. The number of methoxy groups -OCH3 is 1. The average Bonchev–Trinajstić information content (AvgIpc) is 2.38. The van der Waals surface area contributed by atoms with Gasteiger partial charge in [0.15, 0.2) is 0 Å². The summed E-state index contributed by atoms with van der Waals surface area (Å²) in [6, 6.07) is 9.69. The predicted molar refractivity (Wildman–Crippen MR) is 73.6 cm³/mol. The number of thioether (sulfide) groups is 1. The molecule has 2 rings (SSSR count). The van der Waals surface area contributed by atoms with Crippen LogP contribution in [0.15, 0.2) is 29.2 Å². The summed E-state index contributed by atoms with van der Waals surface area (Å²) in [7, 11) is 1.77. The second kappa shape index (κ2) is 6.43. The van der Waals surface area contributed by atoms with E-state index in [1.54, 1.807) is 7.11 Å². The van der Waals surface area contributed by atoms with Gasteiger partial charge in [-0.2, -0.15) is 0 Å². The highest BCUT2D eigenvalue weighted by Crippen LogP contribution is 2.36. The normalized spacial score (nSPS) is 20.9. The standard InChI is InChI=1S/C14H21NOS/c1-3-11(10-16-2)15-13-8-9-17-14-7-5-4-6-12(13)14/h4-7,11,13,15H,3,8-10H2,1-2H3. The Morgan fingerprint density at radius 3 is 3.06 bits per heavy atom. The van der Waals surface area contributed by atoms with Crippen LogP contribution in [-0.4, -0.2) is 25.5 Å². The van der Waals surface area contributed by atoms with E-state index in [4.69, 9.17) is 4.74 Å². The average molecular weight is 251 g/mol. The van der Waals surface area contributed by atoms with Crippen LogP contribution in [0.5, 0.6) is 0 Å². The summed E-state index contributed by atoms with van der Waals surface area (Å²) in [5.74, 6) is 1.21. The smallest absolute Gasteiger partial charge is 0.0615 e. The minimum absolute atomic E-state index is 0.459. The molecule has 17 heavy (non-hydrogen) atoms. The topological polar surface area (TPSA) is 21.3 Å². The predicted octanol–water partition coefficient (Wildman–Crippen LogP) is 3.24. The summed E-state index contributed by atoms with van der Waals surface area (Å²) in [4.78, 5) is 1.43. The summed E-state index contributed by atoms with van der Waals surface area (Å²) in [6.07, 6.45) is 2.32. The molecule has 1 aliphatic rings. The lowest BCUT2D eigenvalue weighted by Crippen LogP contribution is -2.37. The van der Waals surface area contributed by atoms with Crippen molar-refractivity contribution in [2.75, 3.05) is 19.5 Å². The first-order chi connectivity index (χ1) is 8.35. The van der Waals surface area contributed by atoms with Crippen molar-refractivity contribution >= 4 is 11.8 Å². The number of hydrogen-bond acceptors (Lipinski definition) is 3. The molecule has 2 nitrogen and oxygen atoms in total. The molecule has 1 aromatic carbocycles. The molecule has 1 heterocycles. The first-order valence-electron chi connectivity index (χ1n) is 6.31. The quantitative estimate of drug-likeness (QED) is 0.868. The van der Waals surface area contributed by atoms with E-state index in [0.29, 0.717) is 12.1 Å². The van der Waals surface area contributed by atoms with Gasteiger partial charge in [0.05, 0.1) is 6.61 Å². The van der Waals surface area contributed by atoms with E-state index in [0.717, 1.165) is 13.0 Å². The number of fused-ring (bicyclic) bond motifs is 1. The summed E-state index contributed by atoms with van der Waals surface area (Å²) in [5.41, 5.74) is 1.46. The van der Waals surface area contributed by atoms with Crippen LogP contribution in [-0.2, 0) is 4.74 Å². The Labute approximate surface area is 108 Å². The van der Waals surface area contributed by atoms with Crippen LogP contribution in [0.3, 0.4) is 0 Å². The van der Waals surface area contributed by atoms with Crippen LogP contribution in [0.2, 0.25) is 0 Å². The summed E-state index contributed by atoms with van der Waals surface area (Å²) < 4.78 is 5.26. The molecule has 0 aromatic heterocycles. The molecule has 0 bridgehead atoms. The number of benzene rings is 1. The van der Waals surface area contributed by atoms with Gasteiger partial charge in [0.2, 0.25) is 0 Å². The fourth-order valence-corrected chi connectivity index (χ4v) is 3.41. The molecule has 2 unspecified atom stereocenters. The monoisotopic (exact) mass is 251 g/mol. The van der Waals surface area contributed by atoms with Crippen molar-refractivity contribution in [3.05, 3.63) is 29.8 Å². The van der Waals surface area contributed by atoms with E-state index in [1.165, 1.54) is 22.6 Å². The fourth-order valence-electron chi connectivity index (χ4n) is 2.28. The Kier molecular flexibility index (Phi) is 4.89. The summed E-state index contributed by atoms with van der Waals surface area (Å²) >= 11 is 1.97. The lowest BCUT2D eigenvalue weighted by Gasteiger charge is -2.29. The number of nitrogens with one attached hydrogen (secondary N) is 1. The highest BCUT2D eigenvalue weighted by atomic mass is 32.2. The molecule has 1 aliphatic heterocycles. The molecule has 0 spiro atoms. The largest absolute Gasteiger partial charge is 0.383 e. The van der Waals surface area contributed by atoms with E-state index in [9.17, 15) is 0 Å². The van der Waals surface area contributed by atoms with Crippen molar-refractivity contribution in [3.63, 3.8) is 0 Å². The van der Waals surface area contributed by atoms with Crippen molar-refractivity contribution in [1.82, 2.24) is 5.32 Å². The van der Waals surface area contributed by atoms with E-state index in [1.807, 2.05) is 11.8 Å². The van der Waals surface area contributed by atoms with Crippen LogP contribution in [0, 0.1) is 0 Å². The minimum atomic E-state index is 0.459. The third-order valence-corrected chi connectivity index (χ3v) is 4.38. The zero-order valence-corrected chi connectivity index (χ0v) is 11.4. The maximum absolute atomic E-state index is 5.26. The Bertz CT molecular complexity index is 356. The van der Waals surface area contributed by atoms with Crippen molar-refractivity contribution in [1.29, 1.82) is 0 Å². The van der Waals surface area contributed by atoms with Crippen molar-refractivity contribution < 1.29 is 4.74 Å². The van der Waals surface area contributed by atoms with Gasteiger partial charge < -0.3 is 10.1 Å². The van der Waals surface area contributed by atoms with Gasteiger partial charge in [-0.1, -0.05) is 25.1 Å². The Balaban J connectivity index is 2.07. The molecule has 0 fully saturated rings. The van der Waals surface area contributed by atoms with Gasteiger partial charge in [-0.05, 0) is 30.2 Å². The fraction of sp³-hybridized carbons (Fsp3) is 0.571. The molecular formula is C14H21NOS. The van der Waals surface area contributed by atoms with E-state index in [2.05, 4.69) is 36.5 Å². The molecule has 3 heteroatoms. The molecule has 0 saturated heterocycles. The summed E-state index contributed by atoms with van der Waals surface area (Å²) in [5, 5.41) is 3.72. The van der Waals surface area contributed by atoms with Gasteiger partial charge in [0, 0.05) is 24.1 Å². The Morgan fingerprint density at radius 2 is 2.29 bits per heavy atom. The van der Waals surface area contributed by atoms with Gasteiger partial charge in [0.25, 0.3) is 0 Å². The van der Waals surface area contributed by atoms with E-state index in [-0.39, 0.29) is 0 Å². The highest BCUT2D eigenvalue weighted by molar-refractivity contribution is 7.99. The van der Waals surface area contributed by atoms with Gasteiger partial charge in [-0.15, -0.1) is 11.8 Å². The van der Waals surface area contributed by atoms with Crippen LogP contribution in [0.4, 0.5) is 0 Å². The molecule has 1 aromatic rings. The van der Waals surface area contributed by atoms with E-state index < -0.39 is 0 Å². The minimum Gasteiger partial charge on any atom is -0.383 e. The number of rotatable bonds is 5. The number of hydrogen-bond donors (Lipinski definition) is 1. The molecule has 2 atom stereocenters. The summed E-state index contributed by atoms with van der Waals surface area (Å²) in [6.45, 7) is 3.00. The zero-order chi connectivity index (χ0) is 12.1. The third kappa shape index (κ3) is 3.24. The van der Waals surface area contributed by atoms with Crippen LogP contribution < -0.4 is 5.32 Å². The molecule has 0 amide bonds. The molecule has 0 radical (unpaired) electrons. The molecular weight excluding hydrogens is 230 g/mol. The number of ether oxygens (including phenoxy) is 1. The molecule has 94 valence electrons. The lowest BCUT2D eigenvalue weighted by molar-refractivity contribution is 0.157. The highest BCUT2D eigenvalue weighted by Gasteiger charge is 2.22. The third-order valence-electron chi connectivity index (χ3n) is 3.26. The van der Waals surface area contributed by atoms with Gasteiger partial charge in [0.1, 0.15) is 0 Å². The Morgan fingerprint density at radius 1 is 1.47 bits per heavy atom. The van der Waals surface area contributed by atoms with Gasteiger partial charge in [-0.3, -0.25) is 0 Å².